The first-order chi connectivity index (χ1) is 6.39. The van der Waals surface area contributed by atoms with E-state index < -0.39 is 5.60 Å². The van der Waals surface area contributed by atoms with Gasteiger partial charge in [0.25, 0.3) is 0 Å². The van der Waals surface area contributed by atoms with Gasteiger partial charge in [-0.25, -0.2) is 0 Å². The van der Waals surface area contributed by atoms with Gasteiger partial charge >= 0.3 is 0 Å². The van der Waals surface area contributed by atoms with Crippen LogP contribution in [0.2, 0.25) is 0 Å². The van der Waals surface area contributed by atoms with E-state index in [1.165, 1.54) is 0 Å². The van der Waals surface area contributed by atoms with Gasteiger partial charge in [-0.1, -0.05) is 28.1 Å². The summed E-state index contributed by atoms with van der Waals surface area (Å²) in [5.41, 5.74) is 6.17. The zero-order valence-corrected chi connectivity index (χ0v) is 10.1. The summed E-state index contributed by atoms with van der Waals surface area (Å²) in [6.07, 6.45) is 0.691. The van der Waals surface area contributed by atoms with Crippen molar-refractivity contribution < 1.29 is 5.11 Å². The van der Waals surface area contributed by atoms with Crippen molar-refractivity contribution >= 4 is 15.9 Å². The van der Waals surface area contributed by atoms with Crippen LogP contribution in [0.25, 0.3) is 0 Å². The van der Waals surface area contributed by atoms with E-state index in [9.17, 15) is 5.11 Å². The normalized spacial score (nSPS) is 14.1. The molecule has 1 aromatic carbocycles. The molecule has 0 aliphatic rings. The number of rotatable bonds is 3. The first-order valence-corrected chi connectivity index (χ1v) is 5.41. The molecule has 1 aromatic rings. The molecule has 0 saturated carbocycles. The van der Waals surface area contributed by atoms with Crippen LogP contribution in [0, 0.1) is 0 Å². The van der Waals surface area contributed by atoms with Crippen molar-refractivity contribution in [1.82, 2.24) is 0 Å². The highest BCUT2D eigenvalue weighted by Gasteiger charge is 2.22. The van der Waals surface area contributed by atoms with Gasteiger partial charge in [0.1, 0.15) is 0 Å². The summed E-state index contributed by atoms with van der Waals surface area (Å²) in [5, 5.41) is 9.67. The summed E-state index contributed by atoms with van der Waals surface area (Å²) in [6, 6.07) is 7.74. The molecule has 1 rings (SSSR count). The van der Waals surface area contributed by atoms with Gasteiger partial charge in [-0.3, -0.25) is 0 Å². The van der Waals surface area contributed by atoms with Crippen LogP contribution in [0.5, 0.6) is 0 Å². The van der Waals surface area contributed by atoms with E-state index in [4.69, 9.17) is 5.73 Å². The molecule has 0 amide bonds. The highest BCUT2D eigenvalue weighted by molar-refractivity contribution is 9.10. The second-order valence-corrected chi connectivity index (χ2v) is 5.01. The highest BCUT2D eigenvalue weighted by Crippen LogP contribution is 2.15. The molecule has 0 fully saturated rings. The minimum atomic E-state index is -0.826. The lowest BCUT2D eigenvalue weighted by molar-refractivity contribution is 0.0521. The molecule has 0 aliphatic heterocycles. The molecule has 1 unspecified atom stereocenters. The molecule has 78 valence electrons. The summed E-state index contributed by atoms with van der Waals surface area (Å²) < 4.78 is 1.05. The first-order valence-electron chi connectivity index (χ1n) is 4.62. The monoisotopic (exact) mass is 257 g/mol. The lowest BCUT2D eigenvalue weighted by atomic mass is 9.93. The standard InChI is InChI=1S/C11H16BrNO/c1-11(2,14)10(13)7-8-3-5-9(12)6-4-8/h3-6,10,14H,7,13H2,1-2H3. The third-order valence-corrected chi connectivity index (χ3v) is 2.80. The summed E-state index contributed by atoms with van der Waals surface area (Å²) in [7, 11) is 0. The van der Waals surface area contributed by atoms with Crippen molar-refractivity contribution in [3.8, 4) is 0 Å². The molecule has 0 saturated heterocycles. The Morgan fingerprint density at radius 2 is 1.86 bits per heavy atom. The van der Waals surface area contributed by atoms with Gasteiger partial charge in [0.2, 0.25) is 0 Å². The van der Waals surface area contributed by atoms with E-state index in [0.717, 1.165) is 10.0 Å². The second kappa shape index (κ2) is 4.43. The van der Waals surface area contributed by atoms with Gasteiger partial charge in [0.05, 0.1) is 5.60 Å². The van der Waals surface area contributed by atoms with Gasteiger partial charge in [-0.2, -0.15) is 0 Å². The van der Waals surface area contributed by atoms with Crippen molar-refractivity contribution in [3.05, 3.63) is 34.3 Å². The maximum Gasteiger partial charge on any atom is 0.0745 e. The average Bonchev–Trinajstić information content (AvgIpc) is 2.07. The van der Waals surface area contributed by atoms with Crippen LogP contribution in [0.3, 0.4) is 0 Å². The van der Waals surface area contributed by atoms with E-state index in [1.807, 2.05) is 24.3 Å². The molecular weight excluding hydrogens is 242 g/mol. The summed E-state index contributed by atoms with van der Waals surface area (Å²) in [5.74, 6) is 0. The fourth-order valence-corrected chi connectivity index (χ4v) is 1.39. The molecule has 0 spiro atoms. The van der Waals surface area contributed by atoms with Crippen molar-refractivity contribution in [2.24, 2.45) is 5.73 Å². The Kier molecular flexibility index (Phi) is 3.70. The summed E-state index contributed by atoms with van der Waals surface area (Å²) in [4.78, 5) is 0. The Morgan fingerprint density at radius 3 is 2.29 bits per heavy atom. The van der Waals surface area contributed by atoms with Crippen LogP contribution in [-0.4, -0.2) is 16.7 Å². The van der Waals surface area contributed by atoms with Crippen LogP contribution < -0.4 is 5.73 Å². The van der Waals surface area contributed by atoms with Crippen LogP contribution >= 0.6 is 15.9 Å². The number of hydrogen-bond acceptors (Lipinski definition) is 2. The Labute approximate surface area is 93.3 Å². The van der Waals surface area contributed by atoms with Crippen molar-refractivity contribution in [1.29, 1.82) is 0 Å². The largest absolute Gasteiger partial charge is 0.389 e. The van der Waals surface area contributed by atoms with Gasteiger partial charge < -0.3 is 10.8 Å². The van der Waals surface area contributed by atoms with Gasteiger partial charge in [0, 0.05) is 10.5 Å². The molecule has 0 aromatic heterocycles. The van der Waals surface area contributed by atoms with Crippen molar-refractivity contribution in [3.63, 3.8) is 0 Å². The van der Waals surface area contributed by atoms with E-state index in [-0.39, 0.29) is 6.04 Å². The topological polar surface area (TPSA) is 46.2 Å². The Bertz CT molecular complexity index is 289. The number of aliphatic hydroxyl groups is 1. The third kappa shape index (κ3) is 3.40. The lowest BCUT2D eigenvalue weighted by Gasteiger charge is -2.25. The van der Waals surface area contributed by atoms with Crippen LogP contribution in [0.15, 0.2) is 28.7 Å². The van der Waals surface area contributed by atoms with Crippen LogP contribution in [0.1, 0.15) is 19.4 Å². The maximum absolute atomic E-state index is 9.67. The Hall–Kier alpha value is -0.380. The van der Waals surface area contributed by atoms with Gasteiger partial charge in [-0.15, -0.1) is 0 Å². The van der Waals surface area contributed by atoms with E-state index in [0.29, 0.717) is 6.42 Å². The highest BCUT2D eigenvalue weighted by atomic mass is 79.9. The van der Waals surface area contributed by atoms with Crippen molar-refractivity contribution in [2.45, 2.75) is 31.9 Å². The molecule has 0 aliphatic carbocycles. The molecule has 0 bridgehead atoms. The molecule has 3 heteroatoms. The van der Waals surface area contributed by atoms with Crippen molar-refractivity contribution in [2.75, 3.05) is 0 Å². The molecule has 2 nitrogen and oxygen atoms in total. The Balaban J connectivity index is 2.65. The fourth-order valence-electron chi connectivity index (χ4n) is 1.12. The minimum Gasteiger partial charge on any atom is -0.389 e. The molecule has 0 heterocycles. The van der Waals surface area contributed by atoms with E-state index >= 15 is 0 Å². The molecule has 0 radical (unpaired) electrons. The maximum atomic E-state index is 9.67. The van der Waals surface area contributed by atoms with Gasteiger partial charge in [-0.05, 0) is 38.0 Å². The lowest BCUT2D eigenvalue weighted by Crippen LogP contribution is -2.44. The third-order valence-electron chi connectivity index (χ3n) is 2.28. The summed E-state index contributed by atoms with van der Waals surface area (Å²) >= 11 is 3.37. The number of hydrogen-bond donors (Lipinski definition) is 2. The fraction of sp³-hybridized carbons (Fsp3) is 0.455. The predicted molar refractivity (Wildman–Crippen MR) is 62.1 cm³/mol. The van der Waals surface area contributed by atoms with E-state index in [1.54, 1.807) is 13.8 Å². The minimum absolute atomic E-state index is 0.233. The Morgan fingerprint density at radius 1 is 1.36 bits per heavy atom. The SMILES string of the molecule is CC(C)(O)C(N)Cc1ccc(Br)cc1. The van der Waals surface area contributed by atoms with Crippen LogP contribution in [-0.2, 0) is 6.42 Å². The summed E-state index contributed by atoms with van der Waals surface area (Å²) in [6.45, 7) is 3.47. The average molecular weight is 258 g/mol. The molecule has 3 N–H and O–H groups in total. The second-order valence-electron chi connectivity index (χ2n) is 4.09. The smallest absolute Gasteiger partial charge is 0.0745 e. The van der Waals surface area contributed by atoms with Crippen LogP contribution in [0.4, 0.5) is 0 Å². The number of benzene rings is 1. The van der Waals surface area contributed by atoms with Gasteiger partial charge in [0.15, 0.2) is 0 Å². The number of nitrogens with two attached hydrogens (primary N) is 1. The molecule has 1 atom stereocenters. The zero-order chi connectivity index (χ0) is 10.8. The quantitative estimate of drug-likeness (QED) is 0.872. The molecule has 14 heavy (non-hydrogen) atoms. The zero-order valence-electron chi connectivity index (χ0n) is 8.50. The van der Waals surface area contributed by atoms with E-state index in [2.05, 4.69) is 15.9 Å². The number of halogens is 1. The first kappa shape index (κ1) is 11.7. The predicted octanol–water partition coefficient (Wildman–Crippen LogP) is 2.09. The molecular formula is C11H16BrNO.